The van der Waals surface area contributed by atoms with Crippen molar-refractivity contribution >= 4 is 23.2 Å². The summed E-state index contributed by atoms with van der Waals surface area (Å²) in [5.74, 6) is 0.470. The van der Waals surface area contributed by atoms with E-state index in [1.165, 1.54) is 0 Å². The van der Waals surface area contributed by atoms with Gasteiger partial charge in [0.1, 0.15) is 11.4 Å². The number of hydrogen-bond donors (Lipinski definition) is 1. The highest BCUT2D eigenvalue weighted by atomic mass is 35.5. The Morgan fingerprint density at radius 3 is 2.55 bits per heavy atom. The van der Waals surface area contributed by atoms with Crippen LogP contribution in [-0.4, -0.2) is 24.7 Å². The molecule has 0 saturated heterocycles. The zero-order chi connectivity index (χ0) is 16.6. The minimum atomic E-state index is -0.826. The molecule has 0 aromatic heterocycles. The van der Waals surface area contributed by atoms with Crippen molar-refractivity contribution in [1.29, 1.82) is 0 Å². The van der Waals surface area contributed by atoms with Crippen molar-refractivity contribution in [2.75, 3.05) is 18.5 Å². The van der Waals surface area contributed by atoms with Crippen LogP contribution in [0.4, 0.5) is 5.69 Å². The molecular weight excluding hydrogens is 302 g/mol. The number of amides is 1. The summed E-state index contributed by atoms with van der Waals surface area (Å²) < 4.78 is 11.2. The van der Waals surface area contributed by atoms with E-state index in [2.05, 4.69) is 5.32 Å². The van der Waals surface area contributed by atoms with Crippen molar-refractivity contribution in [3.05, 3.63) is 23.2 Å². The molecular formula is C17H26ClNO3. The number of rotatable bonds is 9. The lowest BCUT2D eigenvalue weighted by atomic mass is 9.99. The molecule has 0 radical (unpaired) electrons. The van der Waals surface area contributed by atoms with Gasteiger partial charge in [0.25, 0.3) is 5.91 Å². The van der Waals surface area contributed by atoms with Crippen LogP contribution < -0.4 is 10.1 Å². The molecule has 0 unspecified atom stereocenters. The molecule has 4 nitrogen and oxygen atoms in total. The smallest absolute Gasteiger partial charge is 0.256 e. The van der Waals surface area contributed by atoms with Gasteiger partial charge in [0, 0.05) is 12.3 Å². The molecule has 0 bridgehead atoms. The molecule has 1 rings (SSSR count). The molecule has 5 heteroatoms. The zero-order valence-corrected chi connectivity index (χ0v) is 14.6. The van der Waals surface area contributed by atoms with Crippen LogP contribution in [0.15, 0.2) is 18.2 Å². The Bertz CT molecular complexity index is 485. The van der Waals surface area contributed by atoms with Crippen LogP contribution in [0.3, 0.4) is 0 Å². The minimum absolute atomic E-state index is 0.158. The van der Waals surface area contributed by atoms with Crippen LogP contribution in [0.5, 0.6) is 5.75 Å². The zero-order valence-electron chi connectivity index (χ0n) is 13.9. The van der Waals surface area contributed by atoms with E-state index in [0.29, 0.717) is 36.1 Å². The summed E-state index contributed by atoms with van der Waals surface area (Å²) >= 11 is 6.18. The first-order valence-electron chi connectivity index (χ1n) is 7.84. The molecule has 1 aromatic carbocycles. The molecule has 124 valence electrons. The minimum Gasteiger partial charge on any atom is -0.492 e. The van der Waals surface area contributed by atoms with Crippen molar-refractivity contribution in [2.45, 2.75) is 52.6 Å². The summed E-state index contributed by atoms with van der Waals surface area (Å²) in [4.78, 5) is 12.5. The van der Waals surface area contributed by atoms with Gasteiger partial charge >= 0.3 is 0 Å². The van der Waals surface area contributed by atoms with Crippen molar-refractivity contribution < 1.29 is 14.3 Å². The third-order valence-electron chi connectivity index (χ3n) is 3.32. The van der Waals surface area contributed by atoms with Crippen molar-refractivity contribution in [2.24, 2.45) is 0 Å². The van der Waals surface area contributed by atoms with Gasteiger partial charge in [0.05, 0.1) is 11.6 Å². The van der Waals surface area contributed by atoms with Gasteiger partial charge in [-0.3, -0.25) is 4.79 Å². The number of hydrogen-bond acceptors (Lipinski definition) is 3. The highest BCUT2D eigenvalue weighted by molar-refractivity contribution is 6.32. The molecule has 1 atom stereocenters. The van der Waals surface area contributed by atoms with E-state index in [1.54, 1.807) is 18.2 Å². The largest absolute Gasteiger partial charge is 0.492 e. The maximum absolute atomic E-state index is 12.5. The monoisotopic (exact) mass is 327 g/mol. The van der Waals surface area contributed by atoms with Gasteiger partial charge in [-0.05, 0) is 44.9 Å². The molecule has 1 amide bonds. The number of ether oxygens (including phenoxy) is 2. The molecule has 0 heterocycles. The highest BCUT2D eigenvalue weighted by Crippen LogP contribution is 2.29. The molecule has 1 N–H and O–H groups in total. The van der Waals surface area contributed by atoms with Gasteiger partial charge in [-0.2, -0.15) is 0 Å². The summed E-state index contributed by atoms with van der Waals surface area (Å²) in [6.07, 6.45) is 2.45. The number of carbonyl (C=O) groups is 1. The number of nitrogens with one attached hydrogen (secondary N) is 1. The van der Waals surface area contributed by atoms with Crippen molar-refractivity contribution in [3.8, 4) is 5.75 Å². The maximum Gasteiger partial charge on any atom is 0.256 e. The Balaban J connectivity index is 2.80. The van der Waals surface area contributed by atoms with E-state index in [0.717, 1.165) is 12.8 Å². The van der Waals surface area contributed by atoms with E-state index >= 15 is 0 Å². The normalized spacial score (nSPS) is 13.5. The Labute approximate surface area is 138 Å². The summed E-state index contributed by atoms with van der Waals surface area (Å²) in [5, 5.41) is 3.36. The van der Waals surface area contributed by atoms with E-state index in [1.807, 2.05) is 27.7 Å². The van der Waals surface area contributed by atoms with E-state index in [-0.39, 0.29) is 5.91 Å². The molecule has 22 heavy (non-hydrogen) atoms. The standard InChI is InChI=1S/C17H26ClNO3/c1-5-10-17(4,22-7-3)16(20)19-13-8-9-15(14(18)12-13)21-11-6-2/h8-9,12H,5-7,10-11H2,1-4H3,(H,19,20)/t17-/m1/s1. The second-order valence-electron chi connectivity index (χ2n) is 5.36. The molecule has 0 aliphatic heterocycles. The fraction of sp³-hybridized carbons (Fsp3) is 0.588. The van der Waals surface area contributed by atoms with Crippen LogP contribution >= 0.6 is 11.6 Å². The predicted octanol–water partition coefficient (Wildman–Crippen LogP) is 4.66. The van der Waals surface area contributed by atoms with Crippen molar-refractivity contribution in [3.63, 3.8) is 0 Å². The maximum atomic E-state index is 12.5. The SMILES string of the molecule is CCCOc1ccc(NC(=O)[C@@](C)(CCC)OCC)cc1Cl. The summed E-state index contributed by atoms with van der Waals surface area (Å²) in [6, 6.07) is 5.25. The second-order valence-corrected chi connectivity index (χ2v) is 5.77. The molecule has 0 fully saturated rings. The first kappa shape index (κ1) is 18.8. The quantitative estimate of drug-likeness (QED) is 0.717. The van der Waals surface area contributed by atoms with E-state index < -0.39 is 5.60 Å². The fourth-order valence-corrected chi connectivity index (χ4v) is 2.45. The fourth-order valence-electron chi connectivity index (χ4n) is 2.22. The summed E-state index contributed by atoms with van der Waals surface area (Å²) in [5.41, 5.74) is -0.186. The predicted molar refractivity (Wildman–Crippen MR) is 90.8 cm³/mol. The van der Waals surface area contributed by atoms with Gasteiger partial charge in [-0.1, -0.05) is 31.9 Å². The van der Waals surface area contributed by atoms with Gasteiger partial charge in [-0.15, -0.1) is 0 Å². The average molecular weight is 328 g/mol. The Kier molecular flexibility index (Phi) is 7.69. The number of benzene rings is 1. The van der Waals surface area contributed by atoms with Gasteiger partial charge < -0.3 is 14.8 Å². The van der Waals surface area contributed by atoms with Crippen LogP contribution in [0.1, 0.15) is 47.0 Å². The van der Waals surface area contributed by atoms with Crippen molar-refractivity contribution in [1.82, 2.24) is 0 Å². The lowest BCUT2D eigenvalue weighted by Gasteiger charge is -2.27. The second kappa shape index (κ2) is 9.01. The van der Waals surface area contributed by atoms with E-state index in [4.69, 9.17) is 21.1 Å². The summed E-state index contributed by atoms with van der Waals surface area (Å²) in [6.45, 7) is 8.87. The number of anilines is 1. The van der Waals surface area contributed by atoms with Crippen LogP contribution in [0.25, 0.3) is 0 Å². The van der Waals surface area contributed by atoms with Gasteiger partial charge in [0.2, 0.25) is 0 Å². The third-order valence-corrected chi connectivity index (χ3v) is 3.62. The van der Waals surface area contributed by atoms with Crippen LogP contribution in [0.2, 0.25) is 5.02 Å². The molecule has 0 aliphatic rings. The number of halogens is 1. The van der Waals surface area contributed by atoms with Gasteiger partial charge in [0.15, 0.2) is 0 Å². The Morgan fingerprint density at radius 1 is 1.27 bits per heavy atom. The average Bonchev–Trinajstić information content (AvgIpc) is 2.47. The first-order chi connectivity index (χ1) is 10.5. The van der Waals surface area contributed by atoms with Crippen LogP contribution in [-0.2, 0) is 9.53 Å². The lowest BCUT2D eigenvalue weighted by molar-refractivity contribution is -0.139. The highest BCUT2D eigenvalue weighted by Gasteiger charge is 2.33. The van der Waals surface area contributed by atoms with E-state index in [9.17, 15) is 4.79 Å². The molecule has 1 aromatic rings. The Morgan fingerprint density at radius 2 is 2.00 bits per heavy atom. The summed E-state index contributed by atoms with van der Waals surface area (Å²) in [7, 11) is 0. The Hall–Kier alpha value is -1.26. The van der Waals surface area contributed by atoms with Crippen LogP contribution in [0, 0.1) is 0 Å². The van der Waals surface area contributed by atoms with Gasteiger partial charge in [-0.25, -0.2) is 0 Å². The lowest BCUT2D eigenvalue weighted by Crippen LogP contribution is -2.42. The topological polar surface area (TPSA) is 47.6 Å². The molecule has 0 spiro atoms. The molecule has 0 aliphatic carbocycles. The number of carbonyl (C=O) groups excluding carboxylic acids is 1. The third kappa shape index (κ3) is 5.18. The molecule has 0 saturated carbocycles. The first-order valence-corrected chi connectivity index (χ1v) is 8.22.